The van der Waals surface area contributed by atoms with E-state index in [0.717, 1.165) is 29.7 Å². The fourth-order valence-corrected chi connectivity index (χ4v) is 2.43. The molecule has 2 amide bonds. The second-order valence-electron chi connectivity index (χ2n) is 5.43. The third-order valence-electron chi connectivity index (χ3n) is 3.88. The molecule has 0 saturated carbocycles. The average Bonchev–Trinajstić information content (AvgIpc) is 2.55. The predicted molar refractivity (Wildman–Crippen MR) is 92.2 cm³/mol. The molecule has 2 N–H and O–H groups in total. The first-order valence-electron chi connectivity index (χ1n) is 7.88. The Morgan fingerprint density at radius 1 is 1.00 bits per heavy atom. The van der Waals surface area contributed by atoms with Crippen molar-refractivity contribution in [1.82, 2.24) is 5.32 Å². The summed E-state index contributed by atoms with van der Waals surface area (Å²) in [6.07, 6.45) is 1.92. The van der Waals surface area contributed by atoms with Gasteiger partial charge >= 0.3 is 6.03 Å². The Labute approximate surface area is 132 Å². The molecule has 0 aliphatic heterocycles. The van der Waals surface area contributed by atoms with Gasteiger partial charge in [0.15, 0.2) is 0 Å². The molecule has 0 spiro atoms. The summed E-state index contributed by atoms with van der Waals surface area (Å²) in [5, 5.41) is 5.92. The van der Waals surface area contributed by atoms with Gasteiger partial charge in [0.25, 0.3) is 0 Å². The summed E-state index contributed by atoms with van der Waals surface area (Å²) in [6, 6.07) is 16.0. The highest BCUT2D eigenvalue weighted by Gasteiger charge is 2.10. The number of hydrogen-bond donors (Lipinski definition) is 2. The molecule has 0 aliphatic carbocycles. The van der Waals surface area contributed by atoms with Gasteiger partial charge in [-0.15, -0.1) is 0 Å². The molecule has 2 aromatic rings. The molecule has 0 saturated heterocycles. The van der Waals surface area contributed by atoms with Crippen LogP contribution >= 0.6 is 0 Å². The number of benzene rings is 2. The summed E-state index contributed by atoms with van der Waals surface area (Å²) in [7, 11) is 0. The largest absolute Gasteiger partial charge is 0.331 e. The molecule has 22 heavy (non-hydrogen) atoms. The third kappa shape index (κ3) is 4.10. The highest BCUT2D eigenvalue weighted by atomic mass is 16.2. The molecule has 3 heteroatoms. The van der Waals surface area contributed by atoms with E-state index in [1.165, 1.54) is 5.56 Å². The lowest BCUT2D eigenvalue weighted by Crippen LogP contribution is -2.31. The molecule has 3 nitrogen and oxygen atoms in total. The van der Waals surface area contributed by atoms with E-state index in [1.807, 2.05) is 31.2 Å². The number of hydrogen-bond acceptors (Lipinski definition) is 1. The van der Waals surface area contributed by atoms with Crippen LogP contribution in [-0.4, -0.2) is 6.03 Å². The van der Waals surface area contributed by atoms with E-state index in [4.69, 9.17) is 0 Å². The Hall–Kier alpha value is -2.29. The van der Waals surface area contributed by atoms with Crippen molar-refractivity contribution < 1.29 is 4.79 Å². The lowest BCUT2D eigenvalue weighted by Gasteiger charge is -2.16. The maximum atomic E-state index is 12.2. The molecule has 0 fully saturated rings. The Morgan fingerprint density at radius 2 is 1.68 bits per heavy atom. The first kappa shape index (κ1) is 16.1. The van der Waals surface area contributed by atoms with Crippen LogP contribution in [0, 0.1) is 0 Å². The van der Waals surface area contributed by atoms with Crippen LogP contribution in [0.15, 0.2) is 48.5 Å². The van der Waals surface area contributed by atoms with E-state index >= 15 is 0 Å². The van der Waals surface area contributed by atoms with Crippen LogP contribution in [0.4, 0.5) is 10.5 Å². The molecular weight excluding hydrogens is 272 g/mol. The van der Waals surface area contributed by atoms with E-state index < -0.39 is 0 Å². The zero-order valence-electron chi connectivity index (χ0n) is 13.5. The normalized spacial score (nSPS) is 11.8. The standard InChI is InChI=1S/C19H24N2O/c1-4-15-10-12-17(13-11-15)14(3)20-19(22)21-18-9-7-6-8-16(18)5-2/h6-14H,4-5H2,1-3H3,(H2,20,21,22). The maximum absolute atomic E-state index is 12.2. The van der Waals surface area contributed by atoms with Gasteiger partial charge in [0.05, 0.1) is 6.04 Å². The molecule has 0 aliphatic rings. The second kappa shape index (κ2) is 7.64. The Balaban J connectivity index is 1.98. The highest BCUT2D eigenvalue weighted by Crippen LogP contribution is 2.17. The molecule has 1 atom stereocenters. The fraction of sp³-hybridized carbons (Fsp3) is 0.316. The Kier molecular flexibility index (Phi) is 5.59. The van der Waals surface area contributed by atoms with Crippen molar-refractivity contribution in [3.05, 3.63) is 65.2 Å². The van der Waals surface area contributed by atoms with Crippen molar-refractivity contribution in [1.29, 1.82) is 0 Å². The summed E-state index contributed by atoms with van der Waals surface area (Å²) in [5.74, 6) is 0. The topological polar surface area (TPSA) is 41.1 Å². The lowest BCUT2D eigenvalue weighted by atomic mass is 10.1. The lowest BCUT2D eigenvalue weighted by molar-refractivity contribution is 0.249. The third-order valence-corrected chi connectivity index (χ3v) is 3.88. The SMILES string of the molecule is CCc1ccc(C(C)NC(=O)Nc2ccccc2CC)cc1. The van der Waals surface area contributed by atoms with Gasteiger partial charge in [-0.05, 0) is 42.5 Å². The van der Waals surface area contributed by atoms with Gasteiger partial charge in [-0.2, -0.15) is 0 Å². The molecule has 2 aromatic carbocycles. The molecule has 0 radical (unpaired) electrons. The minimum Gasteiger partial charge on any atom is -0.331 e. The molecular formula is C19H24N2O. The summed E-state index contributed by atoms with van der Waals surface area (Å²) >= 11 is 0. The van der Waals surface area contributed by atoms with Crippen molar-refractivity contribution in [2.45, 2.75) is 39.7 Å². The van der Waals surface area contributed by atoms with Crippen LogP contribution in [0.3, 0.4) is 0 Å². The zero-order valence-corrected chi connectivity index (χ0v) is 13.5. The quantitative estimate of drug-likeness (QED) is 0.825. The number of carbonyl (C=O) groups excluding carboxylic acids is 1. The second-order valence-corrected chi connectivity index (χ2v) is 5.43. The van der Waals surface area contributed by atoms with E-state index in [2.05, 4.69) is 48.7 Å². The van der Waals surface area contributed by atoms with Gasteiger partial charge in [0.1, 0.15) is 0 Å². The van der Waals surface area contributed by atoms with E-state index in [9.17, 15) is 4.79 Å². The van der Waals surface area contributed by atoms with E-state index in [-0.39, 0.29) is 12.1 Å². The predicted octanol–water partition coefficient (Wildman–Crippen LogP) is 4.69. The highest BCUT2D eigenvalue weighted by molar-refractivity contribution is 5.90. The van der Waals surface area contributed by atoms with Crippen molar-refractivity contribution >= 4 is 11.7 Å². The number of rotatable bonds is 5. The van der Waals surface area contributed by atoms with Crippen LogP contribution < -0.4 is 10.6 Å². The van der Waals surface area contributed by atoms with Crippen LogP contribution in [-0.2, 0) is 12.8 Å². The number of urea groups is 1. The maximum Gasteiger partial charge on any atom is 0.319 e. The van der Waals surface area contributed by atoms with Crippen molar-refractivity contribution in [3.63, 3.8) is 0 Å². The molecule has 116 valence electrons. The van der Waals surface area contributed by atoms with Gasteiger partial charge in [-0.3, -0.25) is 0 Å². The van der Waals surface area contributed by atoms with Crippen molar-refractivity contribution in [3.8, 4) is 0 Å². The number of para-hydroxylation sites is 1. The van der Waals surface area contributed by atoms with Crippen LogP contribution in [0.5, 0.6) is 0 Å². The molecule has 0 bridgehead atoms. The molecule has 1 unspecified atom stereocenters. The zero-order chi connectivity index (χ0) is 15.9. The summed E-state index contributed by atoms with van der Waals surface area (Å²) < 4.78 is 0. The number of nitrogens with one attached hydrogen (secondary N) is 2. The molecule has 2 rings (SSSR count). The number of carbonyl (C=O) groups is 1. The Morgan fingerprint density at radius 3 is 2.32 bits per heavy atom. The Bertz CT molecular complexity index is 620. The van der Waals surface area contributed by atoms with Gasteiger partial charge in [-0.25, -0.2) is 4.79 Å². The smallest absolute Gasteiger partial charge is 0.319 e. The first-order chi connectivity index (χ1) is 10.6. The summed E-state index contributed by atoms with van der Waals surface area (Å²) in [6.45, 7) is 6.21. The van der Waals surface area contributed by atoms with Crippen LogP contribution in [0.1, 0.15) is 43.5 Å². The number of anilines is 1. The van der Waals surface area contributed by atoms with Crippen molar-refractivity contribution in [2.75, 3.05) is 5.32 Å². The van der Waals surface area contributed by atoms with E-state index in [0.29, 0.717) is 0 Å². The minimum atomic E-state index is -0.173. The first-order valence-corrected chi connectivity index (χ1v) is 7.88. The molecule has 0 heterocycles. The van der Waals surface area contributed by atoms with Gasteiger partial charge in [0.2, 0.25) is 0 Å². The van der Waals surface area contributed by atoms with Crippen LogP contribution in [0.25, 0.3) is 0 Å². The van der Waals surface area contributed by atoms with Crippen LogP contribution in [0.2, 0.25) is 0 Å². The fourth-order valence-electron chi connectivity index (χ4n) is 2.43. The van der Waals surface area contributed by atoms with E-state index in [1.54, 1.807) is 0 Å². The minimum absolute atomic E-state index is 0.0281. The van der Waals surface area contributed by atoms with Crippen molar-refractivity contribution in [2.24, 2.45) is 0 Å². The molecule has 0 aromatic heterocycles. The average molecular weight is 296 g/mol. The number of amides is 2. The summed E-state index contributed by atoms with van der Waals surface area (Å²) in [5.41, 5.74) is 4.42. The van der Waals surface area contributed by atoms with Gasteiger partial charge < -0.3 is 10.6 Å². The van der Waals surface area contributed by atoms with Gasteiger partial charge in [-0.1, -0.05) is 56.3 Å². The number of aryl methyl sites for hydroxylation is 2. The summed E-state index contributed by atoms with van der Waals surface area (Å²) in [4.78, 5) is 12.2. The monoisotopic (exact) mass is 296 g/mol. The van der Waals surface area contributed by atoms with Gasteiger partial charge in [0, 0.05) is 5.69 Å².